The van der Waals surface area contributed by atoms with E-state index in [0.29, 0.717) is 6.61 Å². The summed E-state index contributed by atoms with van der Waals surface area (Å²) in [6, 6.07) is 0. The minimum atomic E-state index is -5.01. The number of halogens is 3. The fourth-order valence-corrected chi connectivity index (χ4v) is 4.30. The fourth-order valence-electron chi connectivity index (χ4n) is 4.30. The Bertz CT molecular complexity index is 834. The van der Waals surface area contributed by atoms with Crippen molar-refractivity contribution in [1.82, 2.24) is 0 Å². The highest BCUT2D eigenvalue weighted by molar-refractivity contribution is 5.90. The molecule has 2 bridgehead atoms. The van der Waals surface area contributed by atoms with Crippen LogP contribution in [0.5, 0.6) is 0 Å². The summed E-state index contributed by atoms with van der Waals surface area (Å²) in [5, 5.41) is 0. The Kier molecular flexibility index (Phi) is 5.88. The summed E-state index contributed by atoms with van der Waals surface area (Å²) in [7, 11) is 0. The molecule has 7 unspecified atom stereocenters. The van der Waals surface area contributed by atoms with Gasteiger partial charge in [-0.15, -0.1) is 0 Å². The first-order valence-electron chi connectivity index (χ1n) is 9.85. The highest BCUT2D eigenvalue weighted by atomic mass is 19.4. The van der Waals surface area contributed by atoms with E-state index in [0.717, 1.165) is 12.8 Å². The molecular formula is C19H19F3O10. The lowest BCUT2D eigenvalue weighted by molar-refractivity contribution is -0.172. The lowest BCUT2D eigenvalue weighted by atomic mass is 9.78. The Morgan fingerprint density at radius 3 is 2.53 bits per heavy atom. The fraction of sp³-hybridized carbons (Fsp3) is 0.684. The van der Waals surface area contributed by atoms with Gasteiger partial charge in [0.15, 0.2) is 18.8 Å². The molecule has 13 heteroatoms. The molecule has 4 fully saturated rings. The molecule has 7 atom stereocenters. The summed E-state index contributed by atoms with van der Waals surface area (Å²) < 4.78 is 68.2. The Labute approximate surface area is 178 Å². The van der Waals surface area contributed by atoms with Crippen LogP contribution in [0.4, 0.5) is 13.2 Å². The Morgan fingerprint density at radius 1 is 1.12 bits per heavy atom. The third kappa shape index (κ3) is 4.06. The summed E-state index contributed by atoms with van der Waals surface area (Å²) in [4.78, 5) is 48.3. The number of alkyl halides is 3. The number of esters is 4. The van der Waals surface area contributed by atoms with E-state index in [4.69, 9.17) is 23.7 Å². The first-order chi connectivity index (χ1) is 15.1. The maximum Gasteiger partial charge on any atom is 0.422 e. The number of fused-ring (bicyclic) bond motifs is 1. The van der Waals surface area contributed by atoms with Crippen LogP contribution in [0.15, 0.2) is 12.2 Å². The summed E-state index contributed by atoms with van der Waals surface area (Å²) in [5.74, 6) is -6.47. The van der Waals surface area contributed by atoms with Crippen LogP contribution in [-0.2, 0) is 47.6 Å². The zero-order valence-electron chi connectivity index (χ0n) is 16.5. The van der Waals surface area contributed by atoms with Crippen LogP contribution in [0.2, 0.25) is 0 Å². The molecule has 176 valence electrons. The van der Waals surface area contributed by atoms with Crippen molar-refractivity contribution in [3.63, 3.8) is 0 Å². The molecule has 0 amide bonds. The van der Waals surface area contributed by atoms with Gasteiger partial charge in [-0.05, 0) is 12.8 Å². The zero-order chi connectivity index (χ0) is 23.2. The van der Waals surface area contributed by atoms with Gasteiger partial charge in [-0.2, -0.15) is 13.2 Å². The maximum absolute atomic E-state index is 12.6. The van der Waals surface area contributed by atoms with E-state index in [9.17, 15) is 32.3 Å². The number of hydrogen-bond acceptors (Lipinski definition) is 10. The molecule has 32 heavy (non-hydrogen) atoms. The van der Waals surface area contributed by atoms with E-state index in [1.165, 1.54) is 0 Å². The summed E-state index contributed by atoms with van der Waals surface area (Å²) in [6.45, 7) is 1.99. The highest BCUT2D eigenvalue weighted by Crippen LogP contribution is 2.51. The molecule has 4 aliphatic rings. The Hall–Kier alpha value is -2.67. The molecule has 0 saturated carbocycles. The van der Waals surface area contributed by atoms with Crippen molar-refractivity contribution in [2.24, 2.45) is 11.8 Å². The van der Waals surface area contributed by atoms with Gasteiger partial charge >= 0.3 is 30.1 Å². The zero-order valence-corrected chi connectivity index (χ0v) is 16.5. The normalized spacial score (nSPS) is 34.8. The SMILES string of the molecule is C=C(C(=O)OCC(=O)OC1C2OC(=O)C3C2OC1C3C(=O)OCC1CCCO1)C(F)(F)F. The molecule has 0 aromatic heterocycles. The molecule has 10 nitrogen and oxygen atoms in total. The van der Waals surface area contributed by atoms with E-state index in [2.05, 4.69) is 11.3 Å². The van der Waals surface area contributed by atoms with E-state index in [-0.39, 0.29) is 12.7 Å². The lowest BCUT2D eigenvalue weighted by Crippen LogP contribution is -2.48. The predicted molar refractivity (Wildman–Crippen MR) is 91.5 cm³/mol. The predicted octanol–water partition coefficient (Wildman–Crippen LogP) is 0.221. The van der Waals surface area contributed by atoms with Crippen molar-refractivity contribution >= 4 is 23.9 Å². The number of carbonyl (C=O) groups is 4. The molecule has 0 aromatic carbocycles. The van der Waals surface area contributed by atoms with E-state index < -0.39 is 78.5 Å². The molecule has 0 N–H and O–H groups in total. The van der Waals surface area contributed by atoms with Crippen LogP contribution < -0.4 is 0 Å². The van der Waals surface area contributed by atoms with Crippen LogP contribution in [0, 0.1) is 11.8 Å². The Balaban J connectivity index is 1.36. The van der Waals surface area contributed by atoms with E-state index in [1.807, 2.05) is 0 Å². The minimum Gasteiger partial charge on any atom is -0.463 e. The van der Waals surface area contributed by atoms with Crippen LogP contribution in [-0.4, -0.2) is 80.4 Å². The van der Waals surface area contributed by atoms with Crippen molar-refractivity contribution in [3.8, 4) is 0 Å². The second-order valence-electron chi connectivity index (χ2n) is 7.79. The molecule has 0 aromatic rings. The first kappa shape index (κ1) is 22.5. The molecule has 4 saturated heterocycles. The van der Waals surface area contributed by atoms with Gasteiger partial charge in [-0.1, -0.05) is 6.58 Å². The van der Waals surface area contributed by atoms with Gasteiger partial charge in [0.25, 0.3) is 0 Å². The average molecular weight is 464 g/mol. The van der Waals surface area contributed by atoms with E-state index >= 15 is 0 Å². The second-order valence-corrected chi connectivity index (χ2v) is 7.79. The third-order valence-electron chi connectivity index (χ3n) is 5.79. The maximum atomic E-state index is 12.6. The standard InChI is InChI=1S/C19H19F3O10/c1-7(19(20,21)22)16(24)29-6-9(23)30-14-12-10(11-13(31-12)15(14)32-18(11)26)17(25)28-5-8-3-2-4-27-8/h8,10-15H,1-6H2. The first-order valence-corrected chi connectivity index (χ1v) is 9.85. The monoisotopic (exact) mass is 464 g/mol. The molecule has 0 radical (unpaired) electrons. The number of rotatable bonds is 7. The van der Waals surface area contributed by atoms with Gasteiger partial charge in [-0.3, -0.25) is 9.59 Å². The largest absolute Gasteiger partial charge is 0.463 e. The second kappa shape index (κ2) is 8.35. The van der Waals surface area contributed by atoms with Crippen LogP contribution in [0.25, 0.3) is 0 Å². The molecule has 0 aliphatic carbocycles. The van der Waals surface area contributed by atoms with E-state index in [1.54, 1.807) is 0 Å². The van der Waals surface area contributed by atoms with Gasteiger partial charge in [0.05, 0.1) is 6.10 Å². The number of ether oxygens (including phenoxy) is 6. The highest BCUT2D eigenvalue weighted by Gasteiger charge is 2.72. The lowest BCUT2D eigenvalue weighted by Gasteiger charge is -2.27. The Morgan fingerprint density at radius 2 is 1.88 bits per heavy atom. The summed E-state index contributed by atoms with van der Waals surface area (Å²) in [5.41, 5.74) is -1.78. The van der Waals surface area contributed by atoms with Gasteiger partial charge in [-0.25, -0.2) is 9.59 Å². The molecular weight excluding hydrogens is 445 g/mol. The molecule has 0 spiro atoms. The topological polar surface area (TPSA) is 124 Å². The molecule has 4 aliphatic heterocycles. The van der Waals surface area contributed by atoms with Crippen LogP contribution >= 0.6 is 0 Å². The number of carbonyl (C=O) groups excluding carboxylic acids is 4. The molecule has 4 rings (SSSR count). The van der Waals surface area contributed by atoms with Crippen molar-refractivity contribution in [1.29, 1.82) is 0 Å². The molecule has 4 heterocycles. The van der Waals surface area contributed by atoms with Crippen molar-refractivity contribution < 1.29 is 60.8 Å². The van der Waals surface area contributed by atoms with Crippen molar-refractivity contribution in [3.05, 3.63) is 12.2 Å². The summed E-state index contributed by atoms with van der Waals surface area (Å²) in [6.07, 6.45) is -7.76. The van der Waals surface area contributed by atoms with Gasteiger partial charge < -0.3 is 28.4 Å². The van der Waals surface area contributed by atoms with Gasteiger partial charge in [0, 0.05) is 6.61 Å². The van der Waals surface area contributed by atoms with Crippen LogP contribution in [0.1, 0.15) is 12.8 Å². The number of hydrogen-bond donors (Lipinski definition) is 0. The van der Waals surface area contributed by atoms with Crippen LogP contribution in [0.3, 0.4) is 0 Å². The average Bonchev–Trinajstić information content (AvgIpc) is 3.48. The van der Waals surface area contributed by atoms with Gasteiger partial charge in [0.1, 0.15) is 36.2 Å². The van der Waals surface area contributed by atoms with Crippen molar-refractivity contribution in [2.75, 3.05) is 19.8 Å². The third-order valence-corrected chi connectivity index (χ3v) is 5.79. The van der Waals surface area contributed by atoms with Crippen molar-refractivity contribution in [2.45, 2.75) is 49.5 Å². The smallest absolute Gasteiger partial charge is 0.422 e. The quantitative estimate of drug-likeness (QED) is 0.294. The van der Waals surface area contributed by atoms with Gasteiger partial charge in [0.2, 0.25) is 0 Å². The minimum absolute atomic E-state index is 0.00140. The summed E-state index contributed by atoms with van der Waals surface area (Å²) >= 11 is 0.